The first-order chi connectivity index (χ1) is 8.63. The Morgan fingerprint density at radius 3 is 2.83 bits per heavy atom. The molecule has 1 aliphatic heterocycles. The third-order valence-corrected chi connectivity index (χ3v) is 3.37. The Kier molecular flexibility index (Phi) is 4.01. The van der Waals surface area contributed by atoms with Gasteiger partial charge in [-0.15, -0.1) is 0 Å². The summed E-state index contributed by atoms with van der Waals surface area (Å²) in [6, 6.07) is 0. The molecule has 2 rings (SSSR count). The highest BCUT2D eigenvalue weighted by Gasteiger charge is 2.23. The molecule has 5 heteroatoms. The topological polar surface area (TPSA) is 61.3 Å². The maximum Gasteiger partial charge on any atom is 0.137 e. The molecule has 2 N–H and O–H groups in total. The van der Waals surface area contributed by atoms with Crippen molar-refractivity contribution in [1.29, 1.82) is 0 Å². The average Bonchev–Trinajstić information content (AvgIpc) is 2.37. The molecular formula is C13H22N4O. The Morgan fingerprint density at radius 1 is 1.44 bits per heavy atom. The predicted octanol–water partition coefficient (Wildman–Crippen LogP) is 1.60. The lowest BCUT2D eigenvalue weighted by Crippen LogP contribution is -2.39. The zero-order chi connectivity index (χ0) is 13.1. The standard InChI is InChI=1S/C13H22N4O/c1-9(2)11-12(14-3)15-8-16-13(11)17-6-4-5-10(18)7-17/h8-10,18H,4-7H2,1-3H3,(H,14,15,16). The van der Waals surface area contributed by atoms with E-state index in [0.717, 1.165) is 36.6 Å². The Labute approximate surface area is 108 Å². The molecule has 18 heavy (non-hydrogen) atoms. The molecule has 1 fully saturated rings. The van der Waals surface area contributed by atoms with Gasteiger partial charge in [0.25, 0.3) is 0 Å². The quantitative estimate of drug-likeness (QED) is 0.853. The fourth-order valence-electron chi connectivity index (χ4n) is 2.52. The number of aliphatic hydroxyl groups excluding tert-OH is 1. The van der Waals surface area contributed by atoms with Gasteiger partial charge in [-0.2, -0.15) is 0 Å². The molecule has 0 aliphatic carbocycles. The number of piperidine rings is 1. The van der Waals surface area contributed by atoms with Gasteiger partial charge < -0.3 is 15.3 Å². The lowest BCUT2D eigenvalue weighted by Gasteiger charge is -2.33. The van der Waals surface area contributed by atoms with Gasteiger partial charge in [0.15, 0.2) is 0 Å². The number of aromatic nitrogens is 2. The van der Waals surface area contributed by atoms with Crippen LogP contribution in [0.4, 0.5) is 11.6 Å². The summed E-state index contributed by atoms with van der Waals surface area (Å²) in [5, 5.41) is 12.9. The first-order valence-corrected chi connectivity index (χ1v) is 6.59. The number of hydrogen-bond donors (Lipinski definition) is 2. The smallest absolute Gasteiger partial charge is 0.137 e. The number of hydrogen-bond acceptors (Lipinski definition) is 5. The van der Waals surface area contributed by atoms with Gasteiger partial charge in [0, 0.05) is 25.7 Å². The fraction of sp³-hybridized carbons (Fsp3) is 0.692. The van der Waals surface area contributed by atoms with Crippen molar-refractivity contribution in [3.8, 4) is 0 Å². The average molecular weight is 250 g/mol. The normalized spacial score (nSPS) is 20.3. The summed E-state index contributed by atoms with van der Waals surface area (Å²) in [4.78, 5) is 10.9. The molecule has 1 aromatic heterocycles. The molecule has 0 aromatic carbocycles. The maximum atomic E-state index is 9.80. The van der Waals surface area contributed by atoms with Crippen molar-refractivity contribution < 1.29 is 5.11 Å². The van der Waals surface area contributed by atoms with Crippen molar-refractivity contribution in [2.24, 2.45) is 0 Å². The second-order valence-electron chi connectivity index (χ2n) is 5.11. The highest BCUT2D eigenvalue weighted by Crippen LogP contribution is 2.31. The summed E-state index contributed by atoms with van der Waals surface area (Å²) in [5.74, 6) is 2.20. The Bertz CT molecular complexity index is 408. The van der Waals surface area contributed by atoms with Crippen molar-refractivity contribution >= 4 is 11.6 Å². The summed E-state index contributed by atoms with van der Waals surface area (Å²) in [6.45, 7) is 5.91. The van der Waals surface area contributed by atoms with Crippen LogP contribution in [0.25, 0.3) is 0 Å². The van der Waals surface area contributed by atoms with E-state index in [1.807, 2.05) is 7.05 Å². The summed E-state index contributed by atoms with van der Waals surface area (Å²) >= 11 is 0. The predicted molar refractivity (Wildman–Crippen MR) is 73.1 cm³/mol. The highest BCUT2D eigenvalue weighted by molar-refractivity contribution is 5.60. The van der Waals surface area contributed by atoms with Crippen LogP contribution in [-0.2, 0) is 0 Å². The van der Waals surface area contributed by atoms with Crippen molar-refractivity contribution in [2.45, 2.75) is 38.7 Å². The van der Waals surface area contributed by atoms with Gasteiger partial charge in [0.1, 0.15) is 18.0 Å². The number of rotatable bonds is 3. The van der Waals surface area contributed by atoms with Gasteiger partial charge in [0.2, 0.25) is 0 Å². The molecule has 5 nitrogen and oxygen atoms in total. The van der Waals surface area contributed by atoms with E-state index in [1.165, 1.54) is 0 Å². The molecule has 1 saturated heterocycles. The molecule has 0 spiro atoms. The molecule has 0 saturated carbocycles. The minimum absolute atomic E-state index is 0.244. The van der Waals surface area contributed by atoms with E-state index in [4.69, 9.17) is 0 Å². The fourth-order valence-corrected chi connectivity index (χ4v) is 2.52. The van der Waals surface area contributed by atoms with E-state index in [-0.39, 0.29) is 6.10 Å². The SMILES string of the molecule is CNc1ncnc(N2CCCC(O)C2)c1C(C)C. The molecule has 1 atom stereocenters. The van der Waals surface area contributed by atoms with Crippen LogP contribution < -0.4 is 10.2 Å². The van der Waals surface area contributed by atoms with Crippen LogP contribution in [0, 0.1) is 0 Å². The zero-order valence-electron chi connectivity index (χ0n) is 11.3. The van der Waals surface area contributed by atoms with E-state index in [9.17, 15) is 5.11 Å². The Morgan fingerprint density at radius 2 is 2.22 bits per heavy atom. The number of nitrogens with zero attached hydrogens (tertiary/aromatic N) is 3. The summed E-state index contributed by atoms with van der Waals surface area (Å²) < 4.78 is 0. The third kappa shape index (κ3) is 2.56. The molecule has 2 heterocycles. The van der Waals surface area contributed by atoms with Crippen molar-refractivity contribution in [3.63, 3.8) is 0 Å². The van der Waals surface area contributed by atoms with Crippen LogP contribution >= 0.6 is 0 Å². The van der Waals surface area contributed by atoms with Gasteiger partial charge in [0.05, 0.1) is 6.10 Å². The number of anilines is 2. The van der Waals surface area contributed by atoms with E-state index in [2.05, 4.69) is 34.0 Å². The molecule has 100 valence electrons. The second kappa shape index (κ2) is 5.52. The first kappa shape index (κ1) is 13.1. The monoisotopic (exact) mass is 250 g/mol. The third-order valence-electron chi connectivity index (χ3n) is 3.37. The van der Waals surface area contributed by atoms with Crippen LogP contribution in [-0.4, -0.2) is 41.3 Å². The zero-order valence-corrected chi connectivity index (χ0v) is 11.3. The van der Waals surface area contributed by atoms with Gasteiger partial charge in [-0.05, 0) is 18.8 Å². The van der Waals surface area contributed by atoms with Crippen LogP contribution in [0.5, 0.6) is 0 Å². The highest BCUT2D eigenvalue weighted by atomic mass is 16.3. The first-order valence-electron chi connectivity index (χ1n) is 6.59. The van der Waals surface area contributed by atoms with E-state index in [0.29, 0.717) is 12.5 Å². The molecule has 1 aliphatic rings. The van der Waals surface area contributed by atoms with Gasteiger partial charge in [-0.25, -0.2) is 9.97 Å². The molecule has 0 amide bonds. The van der Waals surface area contributed by atoms with E-state index >= 15 is 0 Å². The van der Waals surface area contributed by atoms with Gasteiger partial charge in [-0.3, -0.25) is 0 Å². The summed E-state index contributed by atoms with van der Waals surface area (Å²) in [7, 11) is 1.88. The van der Waals surface area contributed by atoms with Gasteiger partial charge >= 0.3 is 0 Å². The van der Waals surface area contributed by atoms with Crippen molar-refractivity contribution in [1.82, 2.24) is 9.97 Å². The number of β-amino-alcohol motifs (C(OH)–C–C–N with tert-alkyl or cyclic N) is 1. The minimum Gasteiger partial charge on any atom is -0.391 e. The van der Waals surface area contributed by atoms with Crippen LogP contribution in [0.15, 0.2) is 6.33 Å². The van der Waals surface area contributed by atoms with Crippen molar-refractivity contribution in [2.75, 3.05) is 30.4 Å². The van der Waals surface area contributed by atoms with E-state index < -0.39 is 0 Å². The Hall–Kier alpha value is -1.36. The number of aliphatic hydroxyl groups is 1. The van der Waals surface area contributed by atoms with Crippen LogP contribution in [0.1, 0.15) is 38.2 Å². The van der Waals surface area contributed by atoms with E-state index in [1.54, 1.807) is 6.33 Å². The summed E-state index contributed by atoms with van der Waals surface area (Å²) in [5.41, 5.74) is 1.13. The lowest BCUT2D eigenvalue weighted by atomic mass is 10.0. The molecular weight excluding hydrogens is 228 g/mol. The van der Waals surface area contributed by atoms with Gasteiger partial charge in [-0.1, -0.05) is 13.8 Å². The summed E-state index contributed by atoms with van der Waals surface area (Å²) in [6.07, 6.45) is 3.25. The molecule has 0 bridgehead atoms. The molecule has 1 aromatic rings. The maximum absolute atomic E-state index is 9.80. The number of nitrogens with one attached hydrogen (secondary N) is 1. The largest absolute Gasteiger partial charge is 0.391 e. The molecule has 0 radical (unpaired) electrons. The Balaban J connectivity index is 2.36. The molecule has 1 unspecified atom stereocenters. The van der Waals surface area contributed by atoms with Crippen LogP contribution in [0.3, 0.4) is 0 Å². The minimum atomic E-state index is -0.244. The van der Waals surface area contributed by atoms with Crippen molar-refractivity contribution in [3.05, 3.63) is 11.9 Å². The van der Waals surface area contributed by atoms with Crippen LogP contribution in [0.2, 0.25) is 0 Å². The lowest BCUT2D eigenvalue weighted by molar-refractivity contribution is 0.153. The second-order valence-corrected chi connectivity index (χ2v) is 5.11.